The van der Waals surface area contributed by atoms with Crippen molar-refractivity contribution in [1.82, 2.24) is 30.0 Å². The van der Waals surface area contributed by atoms with E-state index in [1.807, 2.05) is 4.68 Å². The number of amides is 4. The Morgan fingerprint density at radius 2 is 1.97 bits per heavy atom. The highest BCUT2D eigenvalue weighted by molar-refractivity contribution is 6.06. The summed E-state index contributed by atoms with van der Waals surface area (Å²) in [4.78, 5) is 59.5. The van der Waals surface area contributed by atoms with Gasteiger partial charge in [-0.3, -0.25) is 24.5 Å². The van der Waals surface area contributed by atoms with Crippen molar-refractivity contribution in [3.05, 3.63) is 47.5 Å². The van der Waals surface area contributed by atoms with E-state index in [2.05, 4.69) is 25.7 Å². The van der Waals surface area contributed by atoms with E-state index < -0.39 is 17.9 Å². The van der Waals surface area contributed by atoms with Crippen LogP contribution in [0.4, 0.5) is 5.69 Å². The smallest absolute Gasteiger partial charge is 0.293 e. The molecule has 172 valence electrons. The Hall–Kier alpha value is -4.15. The van der Waals surface area contributed by atoms with Crippen molar-refractivity contribution in [1.29, 1.82) is 0 Å². The molecule has 1 atom stereocenters. The molecule has 4 amide bonds. The van der Waals surface area contributed by atoms with E-state index in [1.165, 1.54) is 4.90 Å². The first-order valence-corrected chi connectivity index (χ1v) is 11.3. The molecule has 11 heteroatoms. The second-order valence-electron chi connectivity index (χ2n) is 8.87. The van der Waals surface area contributed by atoms with E-state index in [0.29, 0.717) is 34.9 Å². The standard InChI is InChI=1S/C23H21N7O4/c31-18-7-6-17(21(32)27-18)29-11-12-8-14(4-5-16(12)23(29)34)26-22(33)19-24-9-13-10-25-30(20(13)28-19)15-2-1-3-15/h4-5,8-10,15,17H,1-3,6-7,11H2,(H,26,33)(H,27,31,32). The molecule has 0 spiro atoms. The first-order chi connectivity index (χ1) is 16.5. The minimum Gasteiger partial charge on any atom is -0.322 e. The summed E-state index contributed by atoms with van der Waals surface area (Å²) in [5, 5.41) is 10.3. The highest BCUT2D eigenvalue weighted by Gasteiger charge is 2.39. The molecule has 4 heterocycles. The van der Waals surface area contributed by atoms with Crippen LogP contribution in [0.5, 0.6) is 0 Å². The fraction of sp³-hybridized carbons (Fsp3) is 0.348. The van der Waals surface area contributed by atoms with E-state index in [0.717, 1.165) is 24.6 Å². The lowest BCUT2D eigenvalue weighted by molar-refractivity contribution is -0.136. The summed E-state index contributed by atoms with van der Waals surface area (Å²) in [6.07, 6.45) is 7.05. The largest absolute Gasteiger partial charge is 0.322 e. The average Bonchev–Trinajstić information content (AvgIpc) is 3.33. The van der Waals surface area contributed by atoms with Gasteiger partial charge in [0.1, 0.15) is 6.04 Å². The van der Waals surface area contributed by atoms with E-state index in [1.54, 1.807) is 30.6 Å². The third-order valence-corrected chi connectivity index (χ3v) is 6.74. The number of nitrogens with zero attached hydrogens (tertiary/aromatic N) is 5. The molecule has 0 bridgehead atoms. The van der Waals surface area contributed by atoms with E-state index >= 15 is 0 Å². The molecule has 34 heavy (non-hydrogen) atoms. The van der Waals surface area contributed by atoms with Crippen molar-refractivity contribution in [3.8, 4) is 0 Å². The Morgan fingerprint density at radius 3 is 2.74 bits per heavy atom. The minimum atomic E-state index is -0.684. The van der Waals surface area contributed by atoms with Gasteiger partial charge < -0.3 is 10.2 Å². The zero-order valence-corrected chi connectivity index (χ0v) is 18.2. The van der Waals surface area contributed by atoms with Gasteiger partial charge in [-0.15, -0.1) is 0 Å². The number of carbonyl (C=O) groups is 4. The van der Waals surface area contributed by atoms with Gasteiger partial charge in [-0.2, -0.15) is 5.10 Å². The molecule has 3 aliphatic rings. The van der Waals surface area contributed by atoms with Crippen LogP contribution >= 0.6 is 0 Å². The van der Waals surface area contributed by atoms with Gasteiger partial charge in [-0.05, 0) is 49.4 Å². The number of imide groups is 1. The number of anilines is 1. The third kappa shape index (κ3) is 3.31. The zero-order chi connectivity index (χ0) is 23.4. The molecule has 2 N–H and O–H groups in total. The van der Waals surface area contributed by atoms with E-state index in [4.69, 9.17) is 0 Å². The van der Waals surface area contributed by atoms with Crippen molar-refractivity contribution in [3.63, 3.8) is 0 Å². The minimum absolute atomic E-state index is 0.0373. The number of aromatic nitrogens is 4. The number of benzene rings is 1. The molecule has 2 aromatic heterocycles. The normalized spacial score (nSPS) is 20.3. The Morgan fingerprint density at radius 1 is 1.12 bits per heavy atom. The highest BCUT2D eigenvalue weighted by atomic mass is 16.2. The van der Waals surface area contributed by atoms with Crippen molar-refractivity contribution in [2.45, 2.75) is 50.7 Å². The predicted octanol–water partition coefficient (Wildman–Crippen LogP) is 1.56. The van der Waals surface area contributed by atoms with Crippen molar-refractivity contribution >= 4 is 40.3 Å². The van der Waals surface area contributed by atoms with Crippen LogP contribution in [0.2, 0.25) is 0 Å². The quantitative estimate of drug-likeness (QED) is 0.565. The van der Waals surface area contributed by atoms with Crippen molar-refractivity contribution in [2.24, 2.45) is 0 Å². The number of rotatable bonds is 4. The van der Waals surface area contributed by atoms with Gasteiger partial charge in [-0.1, -0.05) is 0 Å². The molecule has 11 nitrogen and oxygen atoms in total. The number of carbonyl (C=O) groups excluding carboxylic acids is 4. The molecule has 1 unspecified atom stereocenters. The Kier molecular flexibility index (Phi) is 4.64. The maximum atomic E-state index is 12.9. The Bertz CT molecular complexity index is 1380. The molecule has 1 saturated heterocycles. The van der Waals surface area contributed by atoms with Crippen molar-refractivity contribution in [2.75, 3.05) is 5.32 Å². The first kappa shape index (κ1) is 20.5. The van der Waals surface area contributed by atoms with Crippen LogP contribution in [-0.2, 0) is 16.1 Å². The maximum absolute atomic E-state index is 12.9. The summed E-state index contributed by atoms with van der Waals surface area (Å²) in [7, 11) is 0. The SMILES string of the molecule is O=C1CCC(N2Cc3cc(NC(=O)c4ncc5cnn(C6CCC6)c5n4)ccc3C2=O)C(=O)N1. The molecule has 3 aromatic rings. The number of hydrogen-bond acceptors (Lipinski definition) is 7. The number of nitrogens with one attached hydrogen (secondary N) is 2. The average molecular weight is 459 g/mol. The van der Waals surface area contributed by atoms with E-state index in [-0.39, 0.29) is 30.6 Å². The van der Waals surface area contributed by atoms with Crippen LogP contribution in [0, 0.1) is 0 Å². The van der Waals surface area contributed by atoms with Crippen LogP contribution in [0.25, 0.3) is 11.0 Å². The van der Waals surface area contributed by atoms with Crippen LogP contribution in [0.15, 0.2) is 30.6 Å². The molecule has 6 rings (SSSR count). The summed E-state index contributed by atoms with van der Waals surface area (Å²) < 4.78 is 1.86. The van der Waals surface area contributed by atoms with Gasteiger partial charge in [-0.25, -0.2) is 14.6 Å². The van der Waals surface area contributed by atoms with Gasteiger partial charge in [0.2, 0.25) is 17.6 Å². The van der Waals surface area contributed by atoms with Crippen LogP contribution in [-0.4, -0.2) is 54.3 Å². The molecule has 1 saturated carbocycles. The van der Waals surface area contributed by atoms with Crippen LogP contribution < -0.4 is 10.6 Å². The summed E-state index contributed by atoms with van der Waals surface area (Å²) in [5.41, 5.74) is 2.32. The second kappa shape index (κ2) is 7.72. The molecule has 2 aliphatic heterocycles. The Labute approximate surface area is 193 Å². The number of hydrogen-bond donors (Lipinski definition) is 2. The zero-order valence-electron chi connectivity index (χ0n) is 18.2. The predicted molar refractivity (Wildman–Crippen MR) is 119 cm³/mol. The van der Waals surface area contributed by atoms with Gasteiger partial charge in [0.05, 0.1) is 17.6 Å². The van der Waals surface area contributed by atoms with Crippen LogP contribution in [0.1, 0.15) is 64.7 Å². The number of piperidine rings is 1. The summed E-state index contributed by atoms with van der Waals surface area (Å²) >= 11 is 0. The molecule has 0 radical (unpaired) electrons. The maximum Gasteiger partial charge on any atom is 0.293 e. The van der Waals surface area contributed by atoms with Gasteiger partial charge in [0.25, 0.3) is 11.8 Å². The number of fused-ring (bicyclic) bond motifs is 2. The highest BCUT2D eigenvalue weighted by Crippen LogP contribution is 2.33. The molecule has 1 aromatic carbocycles. The first-order valence-electron chi connectivity index (χ1n) is 11.3. The lowest BCUT2D eigenvalue weighted by atomic mass is 9.93. The molecule has 2 fully saturated rings. The summed E-state index contributed by atoms with van der Waals surface area (Å²) in [5.74, 6) is -1.48. The Balaban J connectivity index is 1.20. The lowest BCUT2D eigenvalue weighted by Crippen LogP contribution is -2.52. The topological polar surface area (TPSA) is 139 Å². The van der Waals surface area contributed by atoms with E-state index in [9.17, 15) is 19.2 Å². The monoisotopic (exact) mass is 459 g/mol. The third-order valence-electron chi connectivity index (χ3n) is 6.74. The summed E-state index contributed by atoms with van der Waals surface area (Å²) in [6, 6.07) is 4.61. The fourth-order valence-electron chi connectivity index (χ4n) is 4.68. The lowest BCUT2D eigenvalue weighted by Gasteiger charge is -2.29. The van der Waals surface area contributed by atoms with Crippen LogP contribution in [0.3, 0.4) is 0 Å². The second-order valence-corrected chi connectivity index (χ2v) is 8.87. The molecule has 1 aliphatic carbocycles. The van der Waals surface area contributed by atoms with Gasteiger partial charge >= 0.3 is 0 Å². The summed E-state index contributed by atoms with van der Waals surface area (Å²) in [6.45, 7) is 0.229. The van der Waals surface area contributed by atoms with Crippen molar-refractivity contribution < 1.29 is 19.2 Å². The fourth-order valence-corrected chi connectivity index (χ4v) is 4.68. The molecular formula is C23H21N7O4. The van der Waals surface area contributed by atoms with Gasteiger partial charge in [0.15, 0.2) is 5.65 Å². The van der Waals surface area contributed by atoms with Gasteiger partial charge in [0, 0.05) is 30.4 Å². The molecular weight excluding hydrogens is 438 g/mol.